The molecular weight excluding hydrogens is 352 g/mol. The molecule has 6 heteroatoms. The van der Waals surface area contributed by atoms with Gasteiger partial charge in [-0.25, -0.2) is 0 Å². The van der Waals surface area contributed by atoms with Crippen LogP contribution in [-0.4, -0.2) is 68.2 Å². The molecule has 2 fully saturated rings. The molecule has 0 radical (unpaired) electrons. The molecule has 6 nitrogen and oxygen atoms in total. The molecule has 2 aliphatic heterocycles. The number of carbonyl (C=O) groups is 1. The minimum atomic E-state index is 0.109. The van der Waals surface area contributed by atoms with Gasteiger partial charge in [0.05, 0.1) is 24.2 Å². The smallest absolute Gasteiger partial charge is 0.224 e. The van der Waals surface area contributed by atoms with Crippen LogP contribution in [0.4, 0.5) is 0 Å². The van der Waals surface area contributed by atoms with E-state index >= 15 is 0 Å². The highest BCUT2D eigenvalue weighted by molar-refractivity contribution is 5.78. The molecule has 1 aromatic carbocycles. The van der Waals surface area contributed by atoms with E-state index in [1.165, 1.54) is 5.56 Å². The number of ether oxygens (including phenoxy) is 1. The molecule has 0 aliphatic carbocycles. The number of methoxy groups -OCH3 is 1. The van der Waals surface area contributed by atoms with Gasteiger partial charge in [-0.15, -0.1) is 0 Å². The van der Waals surface area contributed by atoms with Gasteiger partial charge in [0.25, 0.3) is 0 Å². The summed E-state index contributed by atoms with van der Waals surface area (Å²) in [5.41, 5.74) is 1.94. The molecule has 0 bridgehead atoms. The number of carbonyl (C=O) groups excluding carboxylic acids is 1. The maximum Gasteiger partial charge on any atom is 0.224 e. The fourth-order valence-corrected chi connectivity index (χ4v) is 4.41. The first kappa shape index (κ1) is 20.8. The zero-order valence-electron chi connectivity index (χ0n) is 16.9. The maximum absolute atomic E-state index is 12.4. The lowest BCUT2D eigenvalue weighted by molar-refractivity contribution is -0.127. The maximum atomic E-state index is 12.4. The van der Waals surface area contributed by atoms with Crippen LogP contribution in [0.1, 0.15) is 36.8 Å². The van der Waals surface area contributed by atoms with E-state index in [1.54, 1.807) is 7.11 Å². The van der Waals surface area contributed by atoms with Crippen molar-refractivity contribution in [3.8, 4) is 6.07 Å². The summed E-state index contributed by atoms with van der Waals surface area (Å²) in [7, 11) is 1.65. The molecule has 152 valence electrons. The van der Waals surface area contributed by atoms with E-state index < -0.39 is 0 Å². The summed E-state index contributed by atoms with van der Waals surface area (Å²) in [6.45, 7) is 6.21. The Labute approximate surface area is 168 Å². The van der Waals surface area contributed by atoms with Gasteiger partial charge >= 0.3 is 0 Å². The third kappa shape index (κ3) is 5.78. The zero-order valence-corrected chi connectivity index (χ0v) is 16.9. The van der Waals surface area contributed by atoms with Crippen molar-refractivity contribution in [1.29, 1.82) is 5.26 Å². The van der Waals surface area contributed by atoms with Crippen molar-refractivity contribution in [3.63, 3.8) is 0 Å². The van der Waals surface area contributed by atoms with Crippen LogP contribution in [0.2, 0.25) is 0 Å². The van der Waals surface area contributed by atoms with Gasteiger partial charge in [0.15, 0.2) is 0 Å². The van der Waals surface area contributed by atoms with Crippen molar-refractivity contribution in [2.75, 3.05) is 46.4 Å². The summed E-state index contributed by atoms with van der Waals surface area (Å²) in [4.78, 5) is 17.4. The summed E-state index contributed by atoms with van der Waals surface area (Å²) in [6.07, 6.45) is 4.39. The van der Waals surface area contributed by atoms with E-state index in [0.29, 0.717) is 19.2 Å². The van der Waals surface area contributed by atoms with Crippen molar-refractivity contribution in [2.24, 2.45) is 5.92 Å². The van der Waals surface area contributed by atoms with E-state index in [2.05, 4.69) is 27.3 Å². The molecule has 1 N–H and O–H groups in total. The molecule has 0 spiro atoms. The second-order valence-electron chi connectivity index (χ2n) is 7.94. The number of hydrogen-bond acceptors (Lipinski definition) is 5. The quantitative estimate of drug-likeness (QED) is 0.728. The number of amides is 1. The van der Waals surface area contributed by atoms with Gasteiger partial charge in [0, 0.05) is 32.8 Å². The minimum Gasteiger partial charge on any atom is -0.383 e. The van der Waals surface area contributed by atoms with Gasteiger partial charge in [0.2, 0.25) is 5.91 Å². The third-order valence-electron chi connectivity index (χ3n) is 5.96. The predicted molar refractivity (Wildman–Crippen MR) is 109 cm³/mol. The van der Waals surface area contributed by atoms with Crippen LogP contribution < -0.4 is 5.32 Å². The topological polar surface area (TPSA) is 68.6 Å². The number of piperidine rings is 2. The van der Waals surface area contributed by atoms with Gasteiger partial charge in [-0.05, 0) is 63.0 Å². The summed E-state index contributed by atoms with van der Waals surface area (Å²) in [5.74, 6) is 0.286. The summed E-state index contributed by atoms with van der Waals surface area (Å²) in [6, 6.07) is 10.7. The summed E-state index contributed by atoms with van der Waals surface area (Å²) < 4.78 is 5.02. The summed E-state index contributed by atoms with van der Waals surface area (Å²) >= 11 is 0. The second-order valence-corrected chi connectivity index (χ2v) is 7.94. The normalized spacial score (nSPS) is 21.9. The lowest BCUT2D eigenvalue weighted by Crippen LogP contribution is -2.50. The Hall–Kier alpha value is -1.94. The van der Waals surface area contributed by atoms with Crippen LogP contribution >= 0.6 is 0 Å². The van der Waals surface area contributed by atoms with Crippen molar-refractivity contribution in [2.45, 2.75) is 38.3 Å². The van der Waals surface area contributed by atoms with Gasteiger partial charge in [-0.2, -0.15) is 5.26 Å². The number of nitriles is 1. The summed E-state index contributed by atoms with van der Waals surface area (Å²) in [5, 5.41) is 12.1. The Morgan fingerprint density at radius 2 is 2.11 bits per heavy atom. The Balaban J connectivity index is 1.45. The number of nitrogens with zero attached hydrogens (tertiary/aromatic N) is 3. The Morgan fingerprint density at radius 3 is 2.86 bits per heavy atom. The SMILES string of the molecule is COCCNC(=O)[C@H]1CCCN(C2CCN(Cc3cccc(C#N)c3)CC2)C1. The molecule has 2 heterocycles. The van der Waals surface area contributed by atoms with Crippen LogP contribution in [0.3, 0.4) is 0 Å². The molecule has 1 atom stereocenters. The molecule has 2 saturated heterocycles. The Morgan fingerprint density at radius 1 is 1.29 bits per heavy atom. The molecule has 1 aromatic rings. The molecule has 3 rings (SSSR count). The number of rotatable bonds is 7. The minimum absolute atomic E-state index is 0.109. The largest absolute Gasteiger partial charge is 0.383 e. The van der Waals surface area contributed by atoms with Crippen molar-refractivity contribution in [1.82, 2.24) is 15.1 Å². The molecule has 2 aliphatic rings. The first-order chi connectivity index (χ1) is 13.7. The fourth-order valence-electron chi connectivity index (χ4n) is 4.41. The van der Waals surface area contributed by atoms with Crippen molar-refractivity contribution >= 4 is 5.91 Å². The first-order valence-corrected chi connectivity index (χ1v) is 10.4. The molecule has 28 heavy (non-hydrogen) atoms. The van der Waals surface area contributed by atoms with E-state index in [0.717, 1.165) is 64.0 Å². The zero-order chi connectivity index (χ0) is 19.8. The average Bonchev–Trinajstić information content (AvgIpc) is 2.74. The van der Waals surface area contributed by atoms with Crippen LogP contribution in [0, 0.1) is 17.2 Å². The fraction of sp³-hybridized carbons (Fsp3) is 0.636. The lowest BCUT2D eigenvalue weighted by Gasteiger charge is -2.42. The van der Waals surface area contributed by atoms with Gasteiger partial charge in [0.1, 0.15) is 0 Å². The molecule has 0 aromatic heterocycles. The van der Waals surface area contributed by atoms with Gasteiger partial charge < -0.3 is 10.1 Å². The number of nitrogens with one attached hydrogen (secondary N) is 1. The average molecular weight is 385 g/mol. The highest BCUT2D eigenvalue weighted by Crippen LogP contribution is 2.24. The van der Waals surface area contributed by atoms with E-state index in [9.17, 15) is 4.79 Å². The van der Waals surface area contributed by atoms with Crippen molar-refractivity contribution in [3.05, 3.63) is 35.4 Å². The Bertz CT molecular complexity index is 679. The third-order valence-corrected chi connectivity index (χ3v) is 5.96. The van der Waals surface area contributed by atoms with E-state index in [4.69, 9.17) is 10.00 Å². The van der Waals surface area contributed by atoms with Gasteiger partial charge in [-0.3, -0.25) is 14.6 Å². The number of benzene rings is 1. The number of hydrogen-bond donors (Lipinski definition) is 1. The number of likely N-dealkylation sites (tertiary alicyclic amines) is 2. The van der Waals surface area contributed by atoms with Crippen LogP contribution in [0.25, 0.3) is 0 Å². The molecular formula is C22H32N4O2. The van der Waals surface area contributed by atoms with Crippen LogP contribution in [0.5, 0.6) is 0 Å². The Kier molecular flexibility index (Phi) is 7.84. The lowest BCUT2D eigenvalue weighted by atomic mass is 9.93. The van der Waals surface area contributed by atoms with Crippen LogP contribution in [-0.2, 0) is 16.1 Å². The molecule has 0 unspecified atom stereocenters. The van der Waals surface area contributed by atoms with Crippen LogP contribution in [0.15, 0.2) is 24.3 Å². The first-order valence-electron chi connectivity index (χ1n) is 10.4. The monoisotopic (exact) mass is 384 g/mol. The highest BCUT2D eigenvalue weighted by Gasteiger charge is 2.31. The van der Waals surface area contributed by atoms with E-state index in [1.807, 2.05) is 18.2 Å². The molecule has 0 saturated carbocycles. The molecule has 1 amide bonds. The second kappa shape index (κ2) is 10.6. The standard InChI is InChI=1S/C22H32N4O2/c1-28-13-9-24-22(27)20-6-3-10-26(17-20)21-7-11-25(12-8-21)16-19-5-2-4-18(14-19)15-23/h2,4-5,14,20-21H,3,6-13,16-17H2,1H3,(H,24,27)/t20-/m0/s1. The van der Waals surface area contributed by atoms with Gasteiger partial charge in [-0.1, -0.05) is 12.1 Å². The van der Waals surface area contributed by atoms with E-state index in [-0.39, 0.29) is 11.8 Å². The predicted octanol–water partition coefficient (Wildman–Crippen LogP) is 2.00. The highest BCUT2D eigenvalue weighted by atomic mass is 16.5. The van der Waals surface area contributed by atoms with Crippen molar-refractivity contribution < 1.29 is 9.53 Å².